The molecule has 3 unspecified atom stereocenters. The molecule has 1 saturated carbocycles. The van der Waals surface area contributed by atoms with E-state index in [1.807, 2.05) is 0 Å². The quantitative estimate of drug-likeness (QED) is 0.754. The van der Waals surface area contributed by atoms with Gasteiger partial charge in [0.2, 0.25) is 0 Å². The zero-order valence-electron chi connectivity index (χ0n) is 11.4. The fraction of sp³-hybridized carbons (Fsp3) is 1.00. The standard InChI is InChI=1S/C14H30N2/c1-4-7-13(10-15)11-16(3)14-9-6-5-8-12(14)2/h12-14H,4-11,15H2,1-3H3. The summed E-state index contributed by atoms with van der Waals surface area (Å²) in [6.07, 6.45) is 8.19. The maximum atomic E-state index is 5.84. The van der Waals surface area contributed by atoms with Crippen molar-refractivity contribution in [2.24, 2.45) is 17.6 Å². The van der Waals surface area contributed by atoms with Gasteiger partial charge in [-0.2, -0.15) is 0 Å². The molecular formula is C14H30N2. The molecule has 2 N–H and O–H groups in total. The highest BCUT2D eigenvalue weighted by Gasteiger charge is 2.25. The average molecular weight is 226 g/mol. The van der Waals surface area contributed by atoms with Crippen molar-refractivity contribution in [3.8, 4) is 0 Å². The third kappa shape index (κ3) is 4.06. The van der Waals surface area contributed by atoms with E-state index in [1.54, 1.807) is 0 Å². The first kappa shape index (κ1) is 14.0. The third-order valence-corrected chi connectivity index (χ3v) is 4.21. The van der Waals surface area contributed by atoms with Crippen LogP contribution in [0, 0.1) is 11.8 Å². The zero-order valence-corrected chi connectivity index (χ0v) is 11.4. The highest BCUT2D eigenvalue weighted by atomic mass is 15.1. The van der Waals surface area contributed by atoms with Gasteiger partial charge < -0.3 is 10.6 Å². The lowest BCUT2D eigenvalue weighted by atomic mass is 9.84. The zero-order chi connectivity index (χ0) is 12.0. The van der Waals surface area contributed by atoms with Gasteiger partial charge in [0, 0.05) is 12.6 Å². The summed E-state index contributed by atoms with van der Waals surface area (Å²) in [4.78, 5) is 2.58. The van der Waals surface area contributed by atoms with Crippen molar-refractivity contribution in [3.63, 3.8) is 0 Å². The number of nitrogens with two attached hydrogens (primary N) is 1. The summed E-state index contributed by atoms with van der Waals surface area (Å²) in [6.45, 7) is 6.71. The van der Waals surface area contributed by atoms with Crippen LogP contribution in [-0.2, 0) is 0 Å². The minimum atomic E-state index is 0.698. The number of rotatable bonds is 6. The van der Waals surface area contributed by atoms with Gasteiger partial charge in [0.25, 0.3) is 0 Å². The van der Waals surface area contributed by atoms with Gasteiger partial charge in [-0.3, -0.25) is 0 Å². The van der Waals surface area contributed by atoms with Crippen molar-refractivity contribution in [2.45, 2.75) is 58.4 Å². The van der Waals surface area contributed by atoms with E-state index in [1.165, 1.54) is 45.1 Å². The molecule has 16 heavy (non-hydrogen) atoms. The molecule has 0 aromatic rings. The maximum Gasteiger partial charge on any atom is 0.0118 e. The topological polar surface area (TPSA) is 29.3 Å². The fourth-order valence-electron chi connectivity index (χ4n) is 3.19. The number of hydrogen-bond donors (Lipinski definition) is 1. The van der Waals surface area contributed by atoms with Crippen LogP contribution in [0.3, 0.4) is 0 Å². The predicted molar refractivity (Wildman–Crippen MR) is 71.5 cm³/mol. The molecule has 3 atom stereocenters. The summed E-state index contributed by atoms with van der Waals surface area (Å²) in [7, 11) is 2.30. The molecule has 0 bridgehead atoms. The van der Waals surface area contributed by atoms with Crippen molar-refractivity contribution in [1.82, 2.24) is 4.90 Å². The predicted octanol–water partition coefficient (Wildman–Crippen LogP) is 2.87. The van der Waals surface area contributed by atoms with E-state index < -0.39 is 0 Å². The van der Waals surface area contributed by atoms with Crippen LogP contribution in [-0.4, -0.2) is 31.1 Å². The lowest BCUT2D eigenvalue weighted by molar-refractivity contribution is 0.120. The van der Waals surface area contributed by atoms with Crippen molar-refractivity contribution >= 4 is 0 Å². The summed E-state index contributed by atoms with van der Waals surface area (Å²) in [5.74, 6) is 1.57. The Hall–Kier alpha value is -0.0800. The van der Waals surface area contributed by atoms with Gasteiger partial charge in [0.05, 0.1) is 0 Å². The molecule has 96 valence electrons. The van der Waals surface area contributed by atoms with Crippen LogP contribution in [0.2, 0.25) is 0 Å². The Balaban J connectivity index is 2.39. The van der Waals surface area contributed by atoms with E-state index in [0.29, 0.717) is 5.92 Å². The molecule has 0 aromatic heterocycles. The molecular weight excluding hydrogens is 196 g/mol. The van der Waals surface area contributed by atoms with Gasteiger partial charge in [-0.15, -0.1) is 0 Å². The van der Waals surface area contributed by atoms with Crippen LogP contribution in [0.25, 0.3) is 0 Å². The normalized spacial score (nSPS) is 28.3. The lowest BCUT2D eigenvalue weighted by Crippen LogP contribution is -2.42. The van der Waals surface area contributed by atoms with Crippen LogP contribution in [0.5, 0.6) is 0 Å². The van der Waals surface area contributed by atoms with E-state index >= 15 is 0 Å². The monoisotopic (exact) mass is 226 g/mol. The van der Waals surface area contributed by atoms with Crippen LogP contribution in [0.15, 0.2) is 0 Å². The molecule has 0 heterocycles. The molecule has 0 spiro atoms. The molecule has 2 heteroatoms. The molecule has 1 fully saturated rings. The Morgan fingerprint density at radius 3 is 2.56 bits per heavy atom. The van der Waals surface area contributed by atoms with Gasteiger partial charge in [-0.1, -0.05) is 33.1 Å². The van der Waals surface area contributed by atoms with E-state index in [9.17, 15) is 0 Å². The van der Waals surface area contributed by atoms with Gasteiger partial charge in [0.1, 0.15) is 0 Å². The smallest absolute Gasteiger partial charge is 0.0118 e. The summed E-state index contributed by atoms with van der Waals surface area (Å²) in [6, 6.07) is 0.805. The summed E-state index contributed by atoms with van der Waals surface area (Å²) < 4.78 is 0. The second-order valence-corrected chi connectivity index (χ2v) is 5.66. The molecule has 0 aromatic carbocycles. The van der Waals surface area contributed by atoms with Gasteiger partial charge in [-0.05, 0) is 44.7 Å². The minimum Gasteiger partial charge on any atom is -0.330 e. The fourth-order valence-corrected chi connectivity index (χ4v) is 3.19. The number of nitrogens with zero attached hydrogens (tertiary/aromatic N) is 1. The van der Waals surface area contributed by atoms with E-state index in [2.05, 4.69) is 25.8 Å². The average Bonchev–Trinajstić information content (AvgIpc) is 2.28. The van der Waals surface area contributed by atoms with Crippen LogP contribution >= 0.6 is 0 Å². The molecule has 0 saturated heterocycles. The molecule has 0 amide bonds. The van der Waals surface area contributed by atoms with Gasteiger partial charge >= 0.3 is 0 Å². The van der Waals surface area contributed by atoms with Gasteiger partial charge in [-0.25, -0.2) is 0 Å². The second-order valence-electron chi connectivity index (χ2n) is 5.66. The van der Waals surface area contributed by atoms with Crippen molar-refractivity contribution in [2.75, 3.05) is 20.1 Å². The second kappa shape index (κ2) is 7.29. The largest absolute Gasteiger partial charge is 0.330 e. The van der Waals surface area contributed by atoms with E-state index in [0.717, 1.165) is 18.5 Å². The van der Waals surface area contributed by atoms with Crippen LogP contribution in [0.1, 0.15) is 52.4 Å². The van der Waals surface area contributed by atoms with Crippen LogP contribution in [0.4, 0.5) is 0 Å². The molecule has 1 rings (SSSR count). The Morgan fingerprint density at radius 1 is 1.31 bits per heavy atom. The maximum absolute atomic E-state index is 5.84. The molecule has 2 nitrogen and oxygen atoms in total. The molecule has 1 aliphatic rings. The van der Waals surface area contributed by atoms with Crippen molar-refractivity contribution in [3.05, 3.63) is 0 Å². The summed E-state index contributed by atoms with van der Waals surface area (Å²) in [5, 5.41) is 0. The Bertz CT molecular complexity index is 182. The lowest BCUT2D eigenvalue weighted by Gasteiger charge is -2.37. The van der Waals surface area contributed by atoms with Crippen LogP contribution < -0.4 is 5.73 Å². The number of hydrogen-bond acceptors (Lipinski definition) is 2. The summed E-state index contributed by atoms with van der Waals surface area (Å²) in [5.41, 5.74) is 5.84. The highest BCUT2D eigenvalue weighted by molar-refractivity contribution is 4.80. The Morgan fingerprint density at radius 2 is 2.00 bits per heavy atom. The van der Waals surface area contributed by atoms with Crippen molar-refractivity contribution in [1.29, 1.82) is 0 Å². The third-order valence-electron chi connectivity index (χ3n) is 4.21. The molecule has 1 aliphatic carbocycles. The van der Waals surface area contributed by atoms with E-state index in [4.69, 9.17) is 5.73 Å². The van der Waals surface area contributed by atoms with Gasteiger partial charge in [0.15, 0.2) is 0 Å². The summed E-state index contributed by atoms with van der Waals surface area (Å²) >= 11 is 0. The highest BCUT2D eigenvalue weighted by Crippen LogP contribution is 2.27. The molecule has 0 aliphatic heterocycles. The minimum absolute atomic E-state index is 0.698. The first-order valence-corrected chi connectivity index (χ1v) is 7.09. The first-order valence-electron chi connectivity index (χ1n) is 7.09. The molecule has 0 radical (unpaired) electrons. The Labute approximate surface area is 102 Å². The van der Waals surface area contributed by atoms with Crippen molar-refractivity contribution < 1.29 is 0 Å². The first-order chi connectivity index (χ1) is 7.69. The van der Waals surface area contributed by atoms with E-state index in [-0.39, 0.29) is 0 Å². The SMILES string of the molecule is CCCC(CN)CN(C)C1CCCCC1C. The Kier molecular flexibility index (Phi) is 6.37.